The van der Waals surface area contributed by atoms with Crippen LogP contribution in [-0.2, 0) is 10.0 Å². The zero-order chi connectivity index (χ0) is 14.0. The van der Waals surface area contributed by atoms with Crippen molar-refractivity contribution in [3.05, 3.63) is 24.0 Å². The van der Waals surface area contributed by atoms with Crippen LogP contribution in [-0.4, -0.2) is 46.8 Å². The van der Waals surface area contributed by atoms with Crippen molar-refractivity contribution < 1.29 is 8.42 Å². The summed E-state index contributed by atoms with van der Waals surface area (Å²) in [5.41, 5.74) is 5.87. The Kier molecular flexibility index (Phi) is 4.44. The fourth-order valence-corrected chi connectivity index (χ4v) is 4.65. The molecule has 0 aliphatic carbocycles. The van der Waals surface area contributed by atoms with Crippen molar-refractivity contribution in [1.82, 2.24) is 9.29 Å². The molecule has 1 aliphatic heterocycles. The smallest absolute Gasteiger partial charge is 0.244 e. The highest BCUT2D eigenvalue weighted by Crippen LogP contribution is 2.23. The van der Waals surface area contributed by atoms with Gasteiger partial charge in [-0.3, -0.25) is 4.98 Å². The summed E-state index contributed by atoms with van der Waals surface area (Å²) in [6.45, 7) is 3.10. The normalized spacial score (nSPS) is 21.2. The van der Waals surface area contributed by atoms with Gasteiger partial charge in [0.2, 0.25) is 10.0 Å². The monoisotopic (exact) mass is 317 g/mol. The van der Waals surface area contributed by atoms with Crippen molar-refractivity contribution in [2.45, 2.75) is 17.1 Å². The molecule has 0 aromatic carbocycles. The number of aromatic nitrogens is 1. The van der Waals surface area contributed by atoms with Crippen molar-refractivity contribution in [3.8, 4) is 0 Å². The van der Waals surface area contributed by atoms with Gasteiger partial charge in [0, 0.05) is 30.3 Å². The van der Waals surface area contributed by atoms with Crippen molar-refractivity contribution in [2.24, 2.45) is 5.73 Å². The van der Waals surface area contributed by atoms with E-state index in [4.69, 9.17) is 18.0 Å². The molecule has 0 radical (unpaired) electrons. The molecule has 0 bridgehead atoms. The summed E-state index contributed by atoms with van der Waals surface area (Å²) in [6.07, 6.45) is 1.32. The minimum Gasteiger partial charge on any atom is -0.388 e. The molecule has 1 unspecified atom stereocenters. The lowest BCUT2D eigenvalue weighted by molar-refractivity contribution is 0.424. The maximum atomic E-state index is 12.4. The molecule has 0 spiro atoms. The number of nitrogens with zero attached hydrogens (tertiary/aromatic N) is 2. The van der Waals surface area contributed by atoms with Crippen LogP contribution in [0.15, 0.2) is 23.2 Å². The Morgan fingerprint density at radius 1 is 1.58 bits per heavy atom. The van der Waals surface area contributed by atoms with Gasteiger partial charge in [-0.25, -0.2) is 8.42 Å². The largest absolute Gasteiger partial charge is 0.388 e. The summed E-state index contributed by atoms with van der Waals surface area (Å²) >= 11 is 6.58. The lowest BCUT2D eigenvalue weighted by Gasteiger charge is -2.29. The topological polar surface area (TPSA) is 76.3 Å². The van der Waals surface area contributed by atoms with Gasteiger partial charge >= 0.3 is 0 Å². The minimum atomic E-state index is -3.46. The molecule has 1 fully saturated rings. The number of pyridine rings is 1. The van der Waals surface area contributed by atoms with Gasteiger partial charge in [-0.15, -0.1) is 0 Å². The molecule has 2 rings (SSSR count). The summed E-state index contributed by atoms with van der Waals surface area (Å²) in [4.78, 5) is 4.33. The van der Waals surface area contributed by atoms with Crippen LogP contribution in [0.1, 0.15) is 12.6 Å². The number of hydrogen-bond acceptors (Lipinski definition) is 5. The van der Waals surface area contributed by atoms with E-state index in [0.717, 1.165) is 5.75 Å². The second-order valence-corrected chi connectivity index (χ2v) is 8.21. The molecule has 0 saturated carbocycles. The van der Waals surface area contributed by atoms with E-state index in [2.05, 4.69) is 4.98 Å². The van der Waals surface area contributed by atoms with Crippen LogP contribution >= 0.6 is 24.0 Å². The average molecular weight is 317 g/mol. The number of thiocarbonyl (C=S) groups is 1. The van der Waals surface area contributed by atoms with Gasteiger partial charge in [-0.1, -0.05) is 19.1 Å². The predicted octanol–water partition coefficient (Wildman–Crippen LogP) is 0.842. The Morgan fingerprint density at radius 3 is 2.84 bits per heavy atom. The van der Waals surface area contributed by atoms with Gasteiger partial charge < -0.3 is 5.73 Å². The van der Waals surface area contributed by atoms with Gasteiger partial charge in [-0.05, 0) is 12.1 Å². The van der Waals surface area contributed by atoms with E-state index in [0.29, 0.717) is 24.0 Å². The van der Waals surface area contributed by atoms with Crippen LogP contribution < -0.4 is 5.73 Å². The lowest BCUT2D eigenvalue weighted by Crippen LogP contribution is -2.41. The van der Waals surface area contributed by atoms with Crippen molar-refractivity contribution in [1.29, 1.82) is 0 Å². The van der Waals surface area contributed by atoms with Crippen LogP contribution in [0.5, 0.6) is 0 Å². The first kappa shape index (κ1) is 14.7. The molecule has 2 heterocycles. The average Bonchev–Trinajstić information content (AvgIpc) is 2.39. The highest BCUT2D eigenvalue weighted by atomic mass is 32.2. The summed E-state index contributed by atoms with van der Waals surface area (Å²) in [5, 5.41) is 0.312. The maximum Gasteiger partial charge on any atom is 0.244 e. The Balaban J connectivity index is 2.26. The van der Waals surface area contributed by atoms with E-state index >= 15 is 0 Å². The minimum absolute atomic E-state index is 0.159. The fourth-order valence-electron chi connectivity index (χ4n) is 1.83. The molecule has 8 heteroatoms. The molecular weight excluding hydrogens is 302 g/mol. The van der Waals surface area contributed by atoms with Crippen molar-refractivity contribution >= 4 is 39.0 Å². The zero-order valence-electron chi connectivity index (χ0n) is 10.4. The second kappa shape index (κ2) is 5.74. The second-order valence-electron chi connectivity index (χ2n) is 4.29. The molecule has 1 aromatic heterocycles. The number of nitrogens with two attached hydrogens (primary N) is 1. The Bertz CT molecular complexity index is 571. The highest BCUT2D eigenvalue weighted by molar-refractivity contribution is 8.00. The third-order valence-electron chi connectivity index (χ3n) is 2.83. The summed E-state index contributed by atoms with van der Waals surface area (Å²) in [7, 11) is -3.46. The third-order valence-corrected chi connectivity index (χ3v) is 6.02. The predicted molar refractivity (Wildman–Crippen MR) is 80.8 cm³/mol. The Hall–Kier alpha value is -0.700. The van der Waals surface area contributed by atoms with Crippen molar-refractivity contribution in [2.75, 3.05) is 18.8 Å². The quantitative estimate of drug-likeness (QED) is 0.833. The molecular formula is C11H15N3O2S3. The van der Waals surface area contributed by atoms with Crippen LogP contribution in [0.3, 0.4) is 0 Å². The summed E-state index contributed by atoms with van der Waals surface area (Å²) in [5.74, 6) is 0.818. The number of hydrogen-bond donors (Lipinski definition) is 1. The molecule has 1 saturated heterocycles. The van der Waals surface area contributed by atoms with E-state index in [1.807, 2.05) is 6.92 Å². The van der Waals surface area contributed by atoms with Gasteiger partial charge in [0.25, 0.3) is 0 Å². The van der Waals surface area contributed by atoms with E-state index in [1.165, 1.54) is 22.6 Å². The van der Waals surface area contributed by atoms with E-state index in [9.17, 15) is 8.42 Å². The van der Waals surface area contributed by atoms with E-state index < -0.39 is 10.0 Å². The molecule has 1 atom stereocenters. The Labute approximate surface area is 122 Å². The first-order valence-electron chi connectivity index (χ1n) is 5.79. The molecule has 5 nitrogen and oxygen atoms in total. The van der Waals surface area contributed by atoms with Gasteiger partial charge in [0.15, 0.2) is 0 Å². The van der Waals surface area contributed by atoms with Gasteiger partial charge in [0.1, 0.15) is 9.88 Å². The molecule has 104 valence electrons. The van der Waals surface area contributed by atoms with Crippen LogP contribution in [0.25, 0.3) is 0 Å². The number of sulfonamides is 1. The van der Waals surface area contributed by atoms with Crippen molar-refractivity contribution in [3.63, 3.8) is 0 Å². The van der Waals surface area contributed by atoms with Crippen LogP contribution in [0.4, 0.5) is 0 Å². The van der Waals surface area contributed by atoms with Crippen LogP contribution in [0.2, 0.25) is 0 Å². The Morgan fingerprint density at radius 2 is 2.32 bits per heavy atom. The maximum absolute atomic E-state index is 12.4. The standard InChI is InChI=1S/C11H15N3O2S3/c1-8-7-14(4-5-18-8)19(15,16)9-2-3-10(11(12)17)13-6-9/h2-3,6,8H,4-5,7H2,1H3,(H2,12,17). The van der Waals surface area contributed by atoms with Gasteiger partial charge in [-0.2, -0.15) is 16.1 Å². The van der Waals surface area contributed by atoms with E-state index in [-0.39, 0.29) is 9.88 Å². The summed E-state index contributed by atoms with van der Waals surface area (Å²) < 4.78 is 26.4. The molecule has 2 N–H and O–H groups in total. The van der Waals surface area contributed by atoms with Crippen LogP contribution in [0, 0.1) is 0 Å². The molecule has 1 aromatic rings. The lowest BCUT2D eigenvalue weighted by atomic mass is 10.3. The molecule has 19 heavy (non-hydrogen) atoms. The zero-order valence-corrected chi connectivity index (χ0v) is 12.9. The number of rotatable bonds is 3. The first-order chi connectivity index (χ1) is 8.91. The molecule has 1 aliphatic rings. The SMILES string of the molecule is CC1CN(S(=O)(=O)c2ccc(C(N)=S)nc2)CCS1. The number of thioether (sulfide) groups is 1. The highest BCUT2D eigenvalue weighted by Gasteiger charge is 2.29. The van der Waals surface area contributed by atoms with Gasteiger partial charge in [0.05, 0.1) is 5.69 Å². The fraction of sp³-hybridized carbons (Fsp3) is 0.455. The third kappa shape index (κ3) is 3.25. The molecule has 0 amide bonds. The van der Waals surface area contributed by atoms with E-state index in [1.54, 1.807) is 11.8 Å². The summed E-state index contributed by atoms with van der Waals surface area (Å²) in [6, 6.07) is 3.04. The first-order valence-corrected chi connectivity index (χ1v) is 8.68.